The predicted molar refractivity (Wildman–Crippen MR) is 79.2 cm³/mol. The third-order valence-electron chi connectivity index (χ3n) is 3.86. The number of fused-ring (bicyclic) bond motifs is 1. The van der Waals surface area contributed by atoms with Crippen molar-refractivity contribution in [2.75, 3.05) is 11.4 Å². The Morgan fingerprint density at radius 2 is 2.14 bits per heavy atom. The summed E-state index contributed by atoms with van der Waals surface area (Å²) in [4.78, 5) is 23.9. The Morgan fingerprint density at radius 3 is 2.81 bits per heavy atom. The molecule has 0 fully saturated rings. The maximum Gasteiger partial charge on any atom is 0.303 e. The Bertz CT molecular complexity index is 541. The molecular formula is C16H21NO4. The van der Waals surface area contributed by atoms with Gasteiger partial charge in [0.15, 0.2) is 0 Å². The summed E-state index contributed by atoms with van der Waals surface area (Å²) in [7, 11) is 0. The van der Waals surface area contributed by atoms with Gasteiger partial charge >= 0.3 is 5.97 Å². The van der Waals surface area contributed by atoms with Crippen LogP contribution in [0.1, 0.15) is 49.8 Å². The number of nitrogens with zero attached hydrogens (tertiary/aromatic N) is 1. The maximum atomic E-state index is 11.6. The van der Waals surface area contributed by atoms with Crippen molar-refractivity contribution >= 4 is 17.6 Å². The maximum absolute atomic E-state index is 11.6. The first-order chi connectivity index (χ1) is 9.99. The van der Waals surface area contributed by atoms with Gasteiger partial charge in [-0.3, -0.25) is 9.59 Å². The average molecular weight is 291 g/mol. The van der Waals surface area contributed by atoms with Crippen LogP contribution in [0.2, 0.25) is 0 Å². The van der Waals surface area contributed by atoms with Crippen LogP contribution in [-0.4, -0.2) is 28.6 Å². The van der Waals surface area contributed by atoms with E-state index in [9.17, 15) is 14.7 Å². The lowest BCUT2D eigenvalue weighted by Gasteiger charge is -2.29. The molecular weight excluding hydrogens is 270 g/mol. The highest BCUT2D eigenvalue weighted by atomic mass is 16.4. The standard InChI is InChI=1S/C16H21NO4/c1-11(18)17-9-3-4-12-10-13(7-8-14(12)17)15(19)5-2-6-16(20)21/h7-8,10,15,19H,2-6,9H2,1H3,(H,20,21). The number of anilines is 1. The number of aliphatic hydroxyl groups is 1. The molecule has 1 amide bonds. The molecule has 1 atom stereocenters. The smallest absolute Gasteiger partial charge is 0.303 e. The second-order valence-corrected chi connectivity index (χ2v) is 5.46. The molecule has 5 heteroatoms. The zero-order chi connectivity index (χ0) is 15.4. The van der Waals surface area contributed by atoms with Crippen LogP contribution in [0.4, 0.5) is 5.69 Å². The van der Waals surface area contributed by atoms with Crippen LogP contribution in [0.15, 0.2) is 18.2 Å². The zero-order valence-electron chi connectivity index (χ0n) is 12.2. The van der Waals surface area contributed by atoms with E-state index in [1.807, 2.05) is 18.2 Å². The number of carboxylic acid groups (broad SMARTS) is 1. The van der Waals surface area contributed by atoms with Crippen LogP contribution in [0.3, 0.4) is 0 Å². The van der Waals surface area contributed by atoms with Gasteiger partial charge in [-0.05, 0) is 42.9 Å². The zero-order valence-corrected chi connectivity index (χ0v) is 12.2. The highest BCUT2D eigenvalue weighted by molar-refractivity contribution is 5.92. The predicted octanol–water partition coefficient (Wildman–Crippen LogP) is 2.27. The van der Waals surface area contributed by atoms with Gasteiger partial charge in [0.25, 0.3) is 0 Å². The molecule has 0 bridgehead atoms. The van der Waals surface area contributed by atoms with Crippen LogP contribution in [-0.2, 0) is 16.0 Å². The molecule has 0 saturated heterocycles. The molecule has 1 heterocycles. The summed E-state index contributed by atoms with van der Waals surface area (Å²) in [5, 5.41) is 18.8. The van der Waals surface area contributed by atoms with Gasteiger partial charge in [0, 0.05) is 25.6 Å². The third kappa shape index (κ3) is 3.82. The lowest BCUT2D eigenvalue weighted by atomic mass is 9.95. The molecule has 1 aliphatic rings. The molecule has 1 aromatic rings. The van der Waals surface area contributed by atoms with Gasteiger partial charge in [-0.15, -0.1) is 0 Å². The lowest BCUT2D eigenvalue weighted by Crippen LogP contribution is -2.33. The Hall–Kier alpha value is -1.88. The molecule has 114 valence electrons. The van der Waals surface area contributed by atoms with E-state index in [0.29, 0.717) is 12.8 Å². The highest BCUT2D eigenvalue weighted by Gasteiger charge is 2.21. The number of aliphatic carboxylic acids is 1. The van der Waals surface area contributed by atoms with Gasteiger partial charge in [0.2, 0.25) is 5.91 Å². The van der Waals surface area contributed by atoms with Crippen molar-refractivity contribution in [3.05, 3.63) is 29.3 Å². The Kier molecular flexibility index (Phi) is 4.96. The third-order valence-corrected chi connectivity index (χ3v) is 3.86. The first-order valence-electron chi connectivity index (χ1n) is 7.30. The fourth-order valence-corrected chi connectivity index (χ4v) is 2.76. The molecule has 1 unspecified atom stereocenters. The molecule has 21 heavy (non-hydrogen) atoms. The summed E-state index contributed by atoms with van der Waals surface area (Å²) in [6.45, 7) is 2.30. The molecule has 0 saturated carbocycles. The van der Waals surface area contributed by atoms with E-state index in [0.717, 1.165) is 36.2 Å². The van der Waals surface area contributed by atoms with Crippen molar-refractivity contribution in [3.8, 4) is 0 Å². The van der Waals surface area contributed by atoms with E-state index in [2.05, 4.69) is 0 Å². The van der Waals surface area contributed by atoms with Crippen LogP contribution in [0, 0.1) is 0 Å². The summed E-state index contributed by atoms with van der Waals surface area (Å²) in [5.41, 5.74) is 2.80. The van der Waals surface area contributed by atoms with Gasteiger partial charge in [0.05, 0.1) is 6.10 Å². The van der Waals surface area contributed by atoms with Crippen LogP contribution >= 0.6 is 0 Å². The summed E-state index contributed by atoms with van der Waals surface area (Å²) in [5.74, 6) is -0.810. The molecule has 0 spiro atoms. The monoisotopic (exact) mass is 291 g/mol. The molecule has 0 radical (unpaired) electrons. The van der Waals surface area contributed by atoms with Crippen molar-refractivity contribution in [3.63, 3.8) is 0 Å². The number of rotatable bonds is 5. The number of aryl methyl sites for hydroxylation is 1. The largest absolute Gasteiger partial charge is 0.481 e. The summed E-state index contributed by atoms with van der Waals surface area (Å²) < 4.78 is 0. The van der Waals surface area contributed by atoms with Gasteiger partial charge < -0.3 is 15.1 Å². The molecule has 1 aliphatic heterocycles. The van der Waals surface area contributed by atoms with Gasteiger partial charge in [-0.2, -0.15) is 0 Å². The number of aliphatic hydroxyl groups excluding tert-OH is 1. The van der Waals surface area contributed by atoms with E-state index < -0.39 is 12.1 Å². The number of carbonyl (C=O) groups excluding carboxylic acids is 1. The van der Waals surface area contributed by atoms with Crippen LogP contribution in [0.25, 0.3) is 0 Å². The summed E-state index contributed by atoms with van der Waals surface area (Å²) in [6, 6.07) is 5.65. The average Bonchev–Trinajstić information content (AvgIpc) is 2.45. The first kappa shape index (κ1) is 15.5. The minimum atomic E-state index is -0.843. The number of hydrogen-bond donors (Lipinski definition) is 2. The normalized spacial score (nSPS) is 15.4. The summed E-state index contributed by atoms with van der Waals surface area (Å²) >= 11 is 0. The Morgan fingerprint density at radius 1 is 1.38 bits per heavy atom. The quantitative estimate of drug-likeness (QED) is 0.872. The number of carbonyl (C=O) groups is 2. The van der Waals surface area contributed by atoms with Crippen LogP contribution < -0.4 is 4.90 Å². The Balaban J connectivity index is 2.09. The topological polar surface area (TPSA) is 77.8 Å². The van der Waals surface area contributed by atoms with E-state index in [1.54, 1.807) is 11.8 Å². The minimum absolute atomic E-state index is 0.0331. The van der Waals surface area contributed by atoms with Gasteiger partial charge in [-0.25, -0.2) is 0 Å². The van der Waals surface area contributed by atoms with Crippen molar-refractivity contribution in [1.29, 1.82) is 0 Å². The van der Waals surface area contributed by atoms with Crippen molar-refractivity contribution in [1.82, 2.24) is 0 Å². The molecule has 2 rings (SSSR count). The van der Waals surface area contributed by atoms with Gasteiger partial charge in [0.1, 0.15) is 0 Å². The van der Waals surface area contributed by atoms with Crippen LogP contribution in [0.5, 0.6) is 0 Å². The first-order valence-corrected chi connectivity index (χ1v) is 7.30. The molecule has 0 aromatic heterocycles. The van der Waals surface area contributed by atoms with Crippen molar-refractivity contribution < 1.29 is 19.8 Å². The number of amides is 1. The highest BCUT2D eigenvalue weighted by Crippen LogP contribution is 2.31. The SMILES string of the molecule is CC(=O)N1CCCc2cc(C(O)CCCC(=O)O)ccc21. The second-order valence-electron chi connectivity index (χ2n) is 5.46. The number of hydrogen-bond acceptors (Lipinski definition) is 3. The fraction of sp³-hybridized carbons (Fsp3) is 0.500. The number of carboxylic acids is 1. The Labute approximate surface area is 124 Å². The fourth-order valence-electron chi connectivity index (χ4n) is 2.76. The van der Waals surface area contributed by atoms with E-state index in [-0.39, 0.29) is 12.3 Å². The minimum Gasteiger partial charge on any atom is -0.481 e. The van der Waals surface area contributed by atoms with Crippen molar-refractivity contribution in [2.24, 2.45) is 0 Å². The molecule has 1 aromatic carbocycles. The lowest BCUT2D eigenvalue weighted by molar-refractivity contribution is -0.137. The van der Waals surface area contributed by atoms with E-state index >= 15 is 0 Å². The molecule has 2 N–H and O–H groups in total. The van der Waals surface area contributed by atoms with E-state index in [4.69, 9.17) is 5.11 Å². The number of benzene rings is 1. The summed E-state index contributed by atoms with van der Waals surface area (Å²) in [6.07, 6.45) is 2.12. The molecule has 0 aliphatic carbocycles. The van der Waals surface area contributed by atoms with E-state index in [1.165, 1.54) is 0 Å². The second kappa shape index (κ2) is 6.72. The molecule has 5 nitrogen and oxygen atoms in total. The van der Waals surface area contributed by atoms with Crippen molar-refractivity contribution in [2.45, 2.75) is 45.1 Å². The van der Waals surface area contributed by atoms with Gasteiger partial charge in [-0.1, -0.05) is 12.1 Å².